The first kappa shape index (κ1) is 15.5. The van der Waals surface area contributed by atoms with E-state index in [4.69, 9.17) is 4.52 Å². The zero-order valence-electron chi connectivity index (χ0n) is 14.3. The molecule has 0 spiro atoms. The van der Waals surface area contributed by atoms with Crippen molar-refractivity contribution in [3.63, 3.8) is 0 Å². The Morgan fingerprint density at radius 2 is 2.12 bits per heavy atom. The van der Waals surface area contributed by atoms with Crippen molar-refractivity contribution in [2.75, 3.05) is 31.1 Å². The summed E-state index contributed by atoms with van der Waals surface area (Å²) >= 11 is 1.68. The lowest BCUT2D eigenvalue weighted by molar-refractivity contribution is 0.433. The number of hydrogen-bond acceptors (Lipinski definition) is 7. The SMILES string of the molecule is Cn1cc(-c2noc(-c3cc4c(N5CCNCC5)cccc4s3)n2)cn1. The molecule has 0 bridgehead atoms. The molecule has 5 rings (SSSR count). The molecule has 1 aliphatic heterocycles. The summed E-state index contributed by atoms with van der Waals surface area (Å²) in [6, 6.07) is 8.62. The van der Waals surface area contributed by atoms with Gasteiger partial charge < -0.3 is 14.7 Å². The van der Waals surface area contributed by atoms with Crippen molar-refractivity contribution in [1.29, 1.82) is 0 Å². The summed E-state index contributed by atoms with van der Waals surface area (Å²) in [4.78, 5) is 7.98. The Labute approximate surface area is 154 Å². The van der Waals surface area contributed by atoms with Crippen LogP contribution in [0.25, 0.3) is 32.2 Å². The maximum absolute atomic E-state index is 5.52. The Bertz CT molecular complexity index is 1060. The summed E-state index contributed by atoms with van der Waals surface area (Å²) in [5, 5.41) is 12.9. The van der Waals surface area contributed by atoms with Crippen molar-refractivity contribution in [1.82, 2.24) is 25.2 Å². The highest BCUT2D eigenvalue weighted by atomic mass is 32.1. The average Bonchev–Trinajstić information content (AvgIpc) is 3.40. The van der Waals surface area contributed by atoms with Crippen LogP contribution in [0.2, 0.25) is 0 Å². The molecule has 1 aromatic carbocycles. The predicted molar refractivity (Wildman–Crippen MR) is 102 cm³/mol. The molecule has 3 aromatic heterocycles. The number of benzene rings is 1. The van der Waals surface area contributed by atoms with Gasteiger partial charge >= 0.3 is 0 Å². The molecule has 1 N–H and O–H groups in total. The third kappa shape index (κ3) is 2.67. The number of hydrogen-bond donors (Lipinski definition) is 1. The standard InChI is InChI=1S/C18H18N6OS/c1-23-11-12(10-20-23)17-21-18(25-22-17)16-9-13-14(3-2-4-15(13)26-16)24-7-5-19-6-8-24/h2-4,9-11,19H,5-8H2,1H3. The fourth-order valence-electron chi connectivity index (χ4n) is 3.31. The summed E-state index contributed by atoms with van der Waals surface area (Å²) in [7, 11) is 1.87. The highest BCUT2D eigenvalue weighted by Gasteiger charge is 2.18. The Hall–Kier alpha value is -2.71. The van der Waals surface area contributed by atoms with Crippen LogP contribution in [0.15, 0.2) is 41.2 Å². The van der Waals surface area contributed by atoms with E-state index in [0.29, 0.717) is 11.7 Å². The van der Waals surface area contributed by atoms with E-state index in [2.05, 4.69) is 49.7 Å². The maximum Gasteiger partial charge on any atom is 0.268 e. The number of thiophene rings is 1. The highest BCUT2D eigenvalue weighted by Crippen LogP contribution is 2.38. The van der Waals surface area contributed by atoms with Gasteiger partial charge in [-0.1, -0.05) is 11.2 Å². The van der Waals surface area contributed by atoms with E-state index in [1.165, 1.54) is 15.8 Å². The topological polar surface area (TPSA) is 72.0 Å². The second-order valence-electron chi connectivity index (χ2n) is 6.36. The number of aryl methyl sites for hydroxylation is 1. The molecular formula is C18H18N6OS. The van der Waals surface area contributed by atoms with E-state index in [9.17, 15) is 0 Å². The fourth-order valence-corrected chi connectivity index (χ4v) is 4.31. The molecule has 26 heavy (non-hydrogen) atoms. The number of nitrogens with zero attached hydrogens (tertiary/aromatic N) is 5. The predicted octanol–water partition coefficient (Wildman–Crippen LogP) is 2.76. The summed E-state index contributed by atoms with van der Waals surface area (Å²) in [6.07, 6.45) is 3.62. The van der Waals surface area contributed by atoms with Crippen molar-refractivity contribution >= 4 is 27.1 Å². The zero-order chi connectivity index (χ0) is 17.5. The van der Waals surface area contributed by atoms with Crippen LogP contribution in [0.3, 0.4) is 0 Å². The molecule has 1 aliphatic rings. The quantitative estimate of drug-likeness (QED) is 0.601. The Balaban J connectivity index is 1.53. The summed E-state index contributed by atoms with van der Waals surface area (Å²) in [5.41, 5.74) is 2.13. The highest BCUT2D eigenvalue weighted by molar-refractivity contribution is 7.22. The molecule has 4 heterocycles. The molecule has 0 unspecified atom stereocenters. The van der Waals surface area contributed by atoms with E-state index in [1.54, 1.807) is 22.2 Å². The van der Waals surface area contributed by atoms with Crippen molar-refractivity contribution in [3.05, 3.63) is 36.7 Å². The lowest BCUT2D eigenvalue weighted by Crippen LogP contribution is -2.43. The van der Waals surface area contributed by atoms with Crippen molar-refractivity contribution < 1.29 is 4.52 Å². The molecule has 0 amide bonds. The van der Waals surface area contributed by atoms with Gasteiger partial charge in [0.15, 0.2) is 0 Å². The summed E-state index contributed by atoms with van der Waals surface area (Å²) in [5.74, 6) is 1.11. The van der Waals surface area contributed by atoms with Crippen LogP contribution >= 0.6 is 11.3 Å². The Morgan fingerprint density at radius 1 is 1.23 bits per heavy atom. The van der Waals surface area contributed by atoms with E-state index in [-0.39, 0.29) is 0 Å². The average molecular weight is 366 g/mol. The molecule has 0 atom stereocenters. The van der Waals surface area contributed by atoms with Gasteiger partial charge in [0.05, 0.1) is 16.6 Å². The molecule has 0 radical (unpaired) electrons. The van der Waals surface area contributed by atoms with Gasteiger partial charge in [-0.05, 0) is 18.2 Å². The molecular weight excluding hydrogens is 348 g/mol. The third-order valence-corrected chi connectivity index (χ3v) is 5.68. The molecule has 1 saturated heterocycles. The van der Waals surface area contributed by atoms with Crippen LogP contribution < -0.4 is 10.2 Å². The minimum Gasteiger partial charge on any atom is -0.368 e. The number of nitrogens with one attached hydrogen (secondary N) is 1. The largest absolute Gasteiger partial charge is 0.368 e. The van der Waals surface area contributed by atoms with E-state index in [1.807, 2.05) is 13.2 Å². The van der Waals surface area contributed by atoms with E-state index in [0.717, 1.165) is 36.6 Å². The zero-order valence-corrected chi connectivity index (χ0v) is 15.2. The van der Waals surface area contributed by atoms with Gasteiger partial charge in [0.2, 0.25) is 5.82 Å². The minimum absolute atomic E-state index is 0.552. The van der Waals surface area contributed by atoms with Gasteiger partial charge in [-0.25, -0.2) is 0 Å². The van der Waals surface area contributed by atoms with Gasteiger partial charge in [0, 0.05) is 55.2 Å². The second kappa shape index (κ2) is 6.22. The number of aromatic nitrogens is 4. The number of fused-ring (bicyclic) bond motifs is 1. The number of anilines is 1. The van der Waals surface area contributed by atoms with Crippen LogP contribution in [0, 0.1) is 0 Å². The van der Waals surface area contributed by atoms with Gasteiger partial charge in [-0.2, -0.15) is 10.1 Å². The summed E-state index contributed by atoms with van der Waals surface area (Å²) < 4.78 is 8.48. The van der Waals surface area contributed by atoms with Crippen LogP contribution in [0.4, 0.5) is 5.69 Å². The van der Waals surface area contributed by atoms with Crippen LogP contribution in [-0.4, -0.2) is 46.1 Å². The van der Waals surface area contributed by atoms with Gasteiger partial charge in [0.25, 0.3) is 5.89 Å². The molecule has 8 heteroatoms. The van der Waals surface area contributed by atoms with Crippen LogP contribution in [-0.2, 0) is 7.05 Å². The molecule has 0 aliphatic carbocycles. The first-order valence-corrected chi connectivity index (χ1v) is 9.41. The minimum atomic E-state index is 0.552. The molecule has 7 nitrogen and oxygen atoms in total. The van der Waals surface area contributed by atoms with E-state index >= 15 is 0 Å². The first-order chi connectivity index (χ1) is 12.8. The van der Waals surface area contributed by atoms with E-state index < -0.39 is 0 Å². The third-order valence-electron chi connectivity index (χ3n) is 4.60. The smallest absolute Gasteiger partial charge is 0.268 e. The monoisotopic (exact) mass is 366 g/mol. The van der Waals surface area contributed by atoms with Gasteiger partial charge in [-0.15, -0.1) is 11.3 Å². The van der Waals surface area contributed by atoms with Gasteiger partial charge in [-0.3, -0.25) is 4.68 Å². The molecule has 132 valence electrons. The molecule has 1 fully saturated rings. The fraction of sp³-hybridized carbons (Fsp3) is 0.278. The molecule has 4 aromatic rings. The van der Waals surface area contributed by atoms with Crippen molar-refractivity contribution in [2.45, 2.75) is 0 Å². The Kier molecular flexibility index (Phi) is 3.72. The lowest BCUT2D eigenvalue weighted by Gasteiger charge is -2.30. The number of rotatable bonds is 3. The normalized spacial score (nSPS) is 15.0. The number of piperazine rings is 1. The van der Waals surface area contributed by atoms with Crippen LogP contribution in [0.1, 0.15) is 0 Å². The van der Waals surface area contributed by atoms with Crippen LogP contribution in [0.5, 0.6) is 0 Å². The molecule has 0 saturated carbocycles. The second-order valence-corrected chi connectivity index (χ2v) is 7.45. The Morgan fingerprint density at radius 3 is 2.92 bits per heavy atom. The maximum atomic E-state index is 5.52. The van der Waals surface area contributed by atoms with Crippen molar-refractivity contribution in [2.24, 2.45) is 7.05 Å². The lowest BCUT2D eigenvalue weighted by atomic mass is 10.2. The first-order valence-electron chi connectivity index (χ1n) is 8.59. The van der Waals surface area contributed by atoms with Gasteiger partial charge in [0.1, 0.15) is 0 Å². The summed E-state index contributed by atoms with van der Waals surface area (Å²) in [6.45, 7) is 4.09. The van der Waals surface area contributed by atoms with Crippen molar-refractivity contribution in [3.8, 4) is 22.2 Å².